The van der Waals surface area contributed by atoms with Crippen molar-refractivity contribution >= 4 is 17.7 Å². The largest absolute Gasteiger partial charge is 0.493 e. The number of amides is 1. The number of nitrogens with zero attached hydrogens (tertiary/aromatic N) is 3. The maximum absolute atomic E-state index is 14.0. The average Bonchev–Trinajstić information content (AvgIpc) is 2.78. The number of piperazine rings is 1. The maximum Gasteiger partial charge on any atom is 0.264 e. The van der Waals surface area contributed by atoms with Crippen molar-refractivity contribution in [2.45, 2.75) is 20.0 Å². The predicted molar refractivity (Wildman–Crippen MR) is 118 cm³/mol. The van der Waals surface area contributed by atoms with Gasteiger partial charge >= 0.3 is 0 Å². The second kappa shape index (κ2) is 9.98. The first-order valence-corrected chi connectivity index (χ1v) is 10.2. The molecule has 1 fully saturated rings. The Morgan fingerprint density at radius 3 is 2.45 bits per heavy atom. The molecular weight excluding hydrogens is 397 g/mol. The molecule has 3 rings (SSSR count). The van der Waals surface area contributed by atoms with Crippen molar-refractivity contribution in [2.24, 2.45) is 0 Å². The molecule has 31 heavy (non-hydrogen) atoms. The van der Waals surface area contributed by atoms with Crippen LogP contribution in [0.2, 0.25) is 0 Å². The molecule has 1 aliphatic heterocycles. The number of para-hydroxylation sites is 1. The minimum absolute atomic E-state index is 0.00503. The van der Waals surface area contributed by atoms with Crippen molar-refractivity contribution in [2.75, 3.05) is 38.2 Å². The Bertz CT molecular complexity index is 1010. The van der Waals surface area contributed by atoms with Crippen LogP contribution in [0.15, 0.2) is 48.0 Å². The topological polar surface area (TPSA) is 65.8 Å². The van der Waals surface area contributed by atoms with Crippen LogP contribution in [0.4, 0.5) is 10.1 Å². The molecule has 0 aromatic heterocycles. The van der Waals surface area contributed by atoms with E-state index in [0.717, 1.165) is 0 Å². The summed E-state index contributed by atoms with van der Waals surface area (Å²) in [5.74, 6) is 0.519. The molecule has 0 aliphatic carbocycles. The van der Waals surface area contributed by atoms with E-state index in [0.29, 0.717) is 48.9 Å². The van der Waals surface area contributed by atoms with Gasteiger partial charge in [-0.25, -0.2) is 4.39 Å². The minimum atomic E-state index is -0.336. The van der Waals surface area contributed by atoms with Crippen LogP contribution in [-0.4, -0.2) is 50.2 Å². The first-order chi connectivity index (χ1) is 14.9. The van der Waals surface area contributed by atoms with Crippen molar-refractivity contribution in [1.82, 2.24) is 4.90 Å². The van der Waals surface area contributed by atoms with E-state index in [9.17, 15) is 14.4 Å². The van der Waals surface area contributed by atoms with Gasteiger partial charge in [-0.2, -0.15) is 5.26 Å². The molecule has 0 radical (unpaired) electrons. The zero-order valence-corrected chi connectivity index (χ0v) is 18.0. The number of benzene rings is 2. The molecule has 0 atom stereocenters. The van der Waals surface area contributed by atoms with Gasteiger partial charge < -0.3 is 19.3 Å². The van der Waals surface area contributed by atoms with E-state index in [2.05, 4.69) is 0 Å². The molecule has 7 heteroatoms. The summed E-state index contributed by atoms with van der Waals surface area (Å²) in [6.45, 7) is 5.67. The monoisotopic (exact) mass is 423 g/mol. The van der Waals surface area contributed by atoms with E-state index in [1.165, 1.54) is 6.07 Å². The second-order valence-electron chi connectivity index (χ2n) is 7.48. The minimum Gasteiger partial charge on any atom is -0.493 e. The second-order valence-corrected chi connectivity index (χ2v) is 7.48. The fraction of sp³-hybridized carbons (Fsp3) is 0.333. The van der Waals surface area contributed by atoms with E-state index >= 15 is 0 Å². The van der Waals surface area contributed by atoms with Crippen molar-refractivity contribution in [3.8, 4) is 17.6 Å². The third kappa shape index (κ3) is 5.34. The maximum atomic E-state index is 14.0. The SMILES string of the molecule is COc1cc(/C=C(\C#N)C(=O)N2CCN(c3ccccc3F)CC2)ccc1OC(C)C. The van der Waals surface area contributed by atoms with Crippen LogP contribution in [0.25, 0.3) is 6.08 Å². The number of rotatable bonds is 6. The highest BCUT2D eigenvalue weighted by molar-refractivity contribution is 6.01. The summed E-state index contributed by atoms with van der Waals surface area (Å²) in [5, 5.41) is 9.57. The molecule has 0 saturated carbocycles. The number of ether oxygens (including phenoxy) is 2. The molecule has 1 heterocycles. The highest BCUT2D eigenvalue weighted by Gasteiger charge is 2.25. The Morgan fingerprint density at radius 1 is 1.13 bits per heavy atom. The summed E-state index contributed by atoms with van der Waals surface area (Å²) >= 11 is 0. The van der Waals surface area contributed by atoms with Gasteiger partial charge in [0, 0.05) is 26.2 Å². The smallest absolute Gasteiger partial charge is 0.264 e. The summed E-state index contributed by atoms with van der Waals surface area (Å²) in [5.41, 5.74) is 1.24. The van der Waals surface area contributed by atoms with Crippen LogP contribution in [0.5, 0.6) is 11.5 Å². The molecule has 0 unspecified atom stereocenters. The fourth-order valence-electron chi connectivity index (χ4n) is 3.46. The molecular formula is C24H26FN3O3. The quantitative estimate of drug-likeness (QED) is 0.521. The first-order valence-electron chi connectivity index (χ1n) is 10.2. The number of methoxy groups -OCH3 is 1. The van der Waals surface area contributed by atoms with Gasteiger partial charge in [0.1, 0.15) is 17.5 Å². The number of carbonyl (C=O) groups is 1. The van der Waals surface area contributed by atoms with Crippen LogP contribution >= 0.6 is 0 Å². The summed E-state index contributed by atoms with van der Waals surface area (Å²) < 4.78 is 25.1. The lowest BCUT2D eigenvalue weighted by Crippen LogP contribution is -2.49. The molecule has 162 valence electrons. The van der Waals surface area contributed by atoms with Gasteiger partial charge in [0.25, 0.3) is 5.91 Å². The van der Waals surface area contributed by atoms with Gasteiger partial charge in [-0.15, -0.1) is 0 Å². The molecule has 1 aliphatic rings. The highest BCUT2D eigenvalue weighted by atomic mass is 19.1. The van der Waals surface area contributed by atoms with Crippen LogP contribution in [0.3, 0.4) is 0 Å². The van der Waals surface area contributed by atoms with Crippen molar-refractivity contribution in [3.63, 3.8) is 0 Å². The first kappa shape index (κ1) is 22.2. The van der Waals surface area contributed by atoms with Crippen molar-refractivity contribution < 1.29 is 18.7 Å². The third-order valence-corrected chi connectivity index (χ3v) is 4.97. The van der Waals surface area contributed by atoms with Gasteiger partial charge in [0.15, 0.2) is 11.5 Å². The van der Waals surface area contributed by atoms with Crippen LogP contribution < -0.4 is 14.4 Å². The fourth-order valence-corrected chi connectivity index (χ4v) is 3.46. The van der Waals surface area contributed by atoms with E-state index in [1.807, 2.05) is 24.8 Å². The van der Waals surface area contributed by atoms with Gasteiger partial charge in [-0.05, 0) is 49.8 Å². The molecule has 0 N–H and O–H groups in total. The highest BCUT2D eigenvalue weighted by Crippen LogP contribution is 2.30. The van der Waals surface area contributed by atoms with Crippen LogP contribution in [0.1, 0.15) is 19.4 Å². The predicted octanol–water partition coefficient (Wildman–Crippen LogP) is 3.88. The molecule has 0 bridgehead atoms. The summed E-state index contributed by atoms with van der Waals surface area (Å²) in [7, 11) is 1.54. The van der Waals surface area contributed by atoms with Crippen molar-refractivity contribution in [1.29, 1.82) is 5.26 Å². The van der Waals surface area contributed by atoms with Gasteiger partial charge in [0.05, 0.1) is 18.9 Å². The molecule has 6 nitrogen and oxygen atoms in total. The van der Waals surface area contributed by atoms with Crippen molar-refractivity contribution in [3.05, 3.63) is 59.4 Å². The van der Waals surface area contributed by atoms with Crippen LogP contribution in [-0.2, 0) is 4.79 Å². The van der Waals surface area contributed by atoms with E-state index in [4.69, 9.17) is 9.47 Å². The molecule has 2 aromatic carbocycles. The normalized spacial score (nSPS) is 14.4. The molecule has 1 amide bonds. The summed E-state index contributed by atoms with van der Waals surface area (Å²) in [6, 6.07) is 13.9. The number of anilines is 1. The zero-order chi connectivity index (χ0) is 22.4. The number of hydrogen-bond donors (Lipinski definition) is 0. The molecule has 2 aromatic rings. The molecule has 0 spiro atoms. The van der Waals surface area contributed by atoms with Gasteiger partial charge in [0.2, 0.25) is 0 Å². The Balaban J connectivity index is 1.71. The lowest BCUT2D eigenvalue weighted by molar-refractivity contribution is -0.126. The Hall–Kier alpha value is -3.53. The van der Waals surface area contributed by atoms with E-state index in [1.54, 1.807) is 54.5 Å². The lowest BCUT2D eigenvalue weighted by atomic mass is 10.1. The summed E-state index contributed by atoms with van der Waals surface area (Å²) in [6.07, 6.45) is 1.54. The van der Waals surface area contributed by atoms with E-state index in [-0.39, 0.29) is 23.4 Å². The number of hydrogen-bond acceptors (Lipinski definition) is 5. The number of carbonyl (C=O) groups excluding carboxylic acids is 1. The Labute approximate surface area is 182 Å². The zero-order valence-electron chi connectivity index (χ0n) is 18.0. The van der Waals surface area contributed by atoms with Crippen LogP contribution in [0, 0.1) is 17.1 Å². The number of halogens is 1. The van der Waals surface area contributed by atoms with E-state index < -0.39 is 0 Å². The average molecular weight is 423 g/mol. The summed E-state index contributed by atoms with van der Waals surface area (Å²) in [4.78, 5) is 16.4. The number of nitriles is 1. The Kier molecular flexibility index (Phi) is 7.14. The third-order valence-electron chi connectivity index (χ3n) is 4.97. The standard InChI is InChI=1S/C24H26FN3O3/c1-17(2)31-22-9-8-18(15-23(22)30-3)14-19(16-26)24(29)28-12-10-27(11-13-28)21-7-5-4-6-20(21)25/h4-9,14-15,17H,10-13H2,1-3H3/b19-14+. The molecule has 1 saturated heterocycles. The van der Waals surface area contributed by atoms with Gasteiger partial charge in [-0.1, -0.05) is 18.2 Å². The van der Waals surface area contributed by atoms with Gasteiger partial charge in [-0.3, -0.25) is 4.79 Å². The Morgan fingerprint density at radius 2 is 1.84 bits per heavy atom. The lowest BCUT2D eigenvalue weighted by Gasteiger charge is -2.36.